The van der Waals surface area contributed by atoms with Crippen LogP contribution in [0.2, 0.25) is 0 Å². The van der Waals surface area contributed by atoms with Crippen molar-refractivity contribution >= 4 is 48.0 Å². The number of phenols is 1. The van der Waals surface area contributed by atoms with E-state index in [1.54, 1.807) is 119 Å². The molecule has 1 aliphatic heterocycles. The van der Waals surface area contributed by atoms with E-state index in [0.717, 1.165) is 0 Å². The highest BCUT2D eigenvalue weighted by molar-refractivity contribution is 5.95. The van der Waals surface area contributed by atoms with Gasteiger partial charge in [-0.3, -0.25) is 19.2 Å². The average molecular weight is 1010 g/mol. The lowest BCUT2D eigenvalue weighted by Crippen LogP contribution is -2.59. The number of fused-ring (bicyclic) bond motifs is 5. The van der Waals surface area contributed by atoms with Gasteiger partial charge in [0.15, 0.2) is 0 Å². The summed E-state index contributed by atoms with van der Waals surface area (Å²) in [6.07, 6.45) is -4.92. The topological polar surface area (TPSA) is 310 Å². The molecule has 0 aromatic heterocycles. The number of aliphatic hydroxyl groups excluding tert-OH is 1. The number of amides is 8. The van der Waals surface area contributed by atoms with E-state index >= 15 is 0 Å². The van der Waals surface area contributed by atoms with Crippen LogP contribution in [-0.4, -0.2) is 137 Å². The van der Waals surface area contributed by atoms with Gasteiger partial charge in [-0.15, -0.1) is 0 Å². The molecule has 0 aliphatic carbocycles. The Kier molecular flexibility index (Phi) is 21.5. The van der Waals surface area contributed by atoms with Gasteiger partial charge in [0.25, 0.3) is 0 Å². The zero-order valence-corrected chi connectivity index (χ0v) is 43.6. The minimum absolute atomic E-state index is 0.0947. The van der Waals surface area contributed by atoms with Crippen LogP contribution in [-0.2, 0) is 51.0 Å². The number of hydrogen-bond acceptors (Lipinski definition) is 14. The van der Waals surface area contributed by atoms with E-state index in [1.165, 1.54) is 6.07 Å². The molecule has 8 amide bonds. The van der Waals surface area contributed by atoms with Crippen LogP contribution < -0.4 is 42.5 Å². The molecule has 10 N–H and O–H groups in total. The van der Waals surface area contributed by atoms with Gasteiger partial charge >= 0.3 is 24.4 Å². The fraction of sp³-hybridized carbons (Fsp3) is 0.600. The zero-order valence-electron chi connectivity index (χ0n) is 43.6. The third kappa shape index (κ3) is 23.4. The summed E-state index contributed by atoms with van der Waals surface area (Å²) in [7, 11) is 0. The number of benzene rings is 2. The fourth-order valence-corrected chi connectivity index (χ4v) is 6.92. The number of hydrogen-bond donors (Lipinski definition) is 10. The monoisotopic (exact) mass is 1010 g/mol. The van der Waals surface area contributed by atoms with E-state index in [4.69, 9.17) is 18.9 Å². The molecule has 0 saturated carbocycles. The van der Waals surface area contributed by atoms with E-state index in [9.17, 15) is 48.6 Å². The maximum Gasteiger partial charge on any atom is 0.408 e. The van der Waals surface area contributed by atoms with Gasteiger partial charge in [-0.1, -0.05) is 30.3 Å². The minimum atomic E-state index is -1.61. The lowest BCUT2D eigenvalue weighted by Gasteiger charge is -2.28. The largest absolute Gasteiger partial charge is 0.508 e. The van der Waals surface area contributed by atoms with E-state index in [2.05, 4.69) is 42.5 Å². The van der Waals surface area contributed by atoms with Crippen molar-refractivity contribution in [1.29, 1.82) is 0 Å². The number of nitrogens with one attached hydrogen (secondary N) is 8. The summed E-state index contributed by atoms with van der Waals surface area (Å²) in [4.78, 5) is 107. The third-order valence-corrected chi connectivity index (χ3v) is 9.95. The van der Waals surface area contributed by atoms with Gasteiger partial charge < -0.3 is 71.7 Å². The fourth-order valence-electron chi connectivity index (χ4n) is 6.92. The Morgan fingerprint density at radius 1 is 0.667 bits per heavy atom. The number of carbonyl (C=O) groups excluding carboxylic acids is 8. The first-order chi connectivity index (χ1) is 33.2. The number of phenolic OH excluding ortho intramolecular Hbond substituents is 1. The lowest BCUT2D eigenvalue weighted by atomic mass is 9.96. The van der Waals surface area contributed by atoms with Gasteiger partial charge in [-0.2, -0.15) is 0 Å². The van der Waals surface area contributed by atoms with Crippen LogP contribution in [0.4, 0.5) is 19.2 Å². The van der Waals surface area contributed by atoms with Crippen molar-refractivity contribution < 1.29 is 67.5 Å². The van der Waals surface area contributed by atoms with Crippen molar-refractivity contribution in [1.82, 2.24) is 42.5 Å². The van der Waals surface area contributed by atoms with Crippen molar-refractivity contribution in [3.63, 3.8) is 0 Å². The predicted octanol–water partition coefficient (Wildman–Crippen LogP) is 3.73. The number of aromatic hydroxyl groups is 1. The molecule has 72 heavy (non-hydrogen) atoms. The molecule has 1 heterocycles. The first kappa shape index (κ1) is 59.5. The third-order valence-electron chi connectivity index (χ3n) is 9.95. The van der Waals surface area contributed by atoms with E-state index in [-0.39, 0.29) is 37.2 Å². The zero-order chi connectivity index (χ0) is 54.2. The Labute approximate surface area is 421 Å². The Hall–Kier alpha value is -6.84. The van der Waals surface area contributed by atoms with Crippen molar-refractivity contribution in [2.24, 2.45) is 0 Å². The summed E-state index contributed by atoms with van der Waals surface area (Å²) >= 11 is 0. The Balaban J connectivity index is 1.93. The molecule has 1 aliphatic rings. The smallest absolute Gasteiger partial charge is 0.408 e. The molecule has 0 spiro atoms. The quantitative estimate of drug-likeness (QED) is 0.0899. The van der Waals surface area contributed by atoms with Crippen LogP contribution in [0.25, 0.3) is 11.1 Å². The second kappa shape index (κ2) is 26.0. The summed E-state index contributed by atoms with van der Waals surface area (Å²) in [5.74, 6) is -3.53. The summed E-state index contributed by atoms with van der Waals surface area (Å²) in [6, 6.07) is 6.56. The maximum absolute atomic E-state index is 14.4. The molecule has 4 bridgehead atoms. The van der Waals surface area contributed by atoms with Crippen molar-refractivity contribution in [2.45, 2.75) is 168 Å². The maximum atomic E-state index is 14.4. The molecular formula is C50H76N8O14. The second-order valence-corrected chi connectivity index (χ2v) is 21.5. The molecule has 0 unspecified atom stereocenters. The molecule has 0 saturated heterocycles. The van der Waals surface area contributed by atoms with Crippen LogP contribution in [0.3, 0.4) is 0 Å². The molecule has 5 atom stereocenters. The van der Waals surface area contributed by atoms with Crippen LogP contribution in [0.15, 0.2) is 42.5 Å². The van der Waals surface area contributed by atoms with E-state index in [1.807, 2.05) is 0 Å². The van der Waals surface area contributed by atoms with Gasteiger partial charge in [0.1, 0.15) is 46.3 Å². The summed E-state index contributed by atoms with van der Waals surface area (Å²) in [5.41, 5.74) is -1.29. The van der Waals surface area contributed by atoms with Crippen LogP contribution >= 0.6 is 0 Å². The molecule has 0 fully saturated rings. The summed E-state index contributed by atoms with van der Waals surface area (Å²) in [5, 5.41) is 42.9. The molecular weight excluding hydrogens is 937 g/mol. The van der Waals surface area contributed by atoms with Gasteiger partial charge in [0, 0.05) is 44.9 Å². The number of rotatable bonds is 15. The highest BCUT2D eigenvalue weighted by Gasteiger charge is 2.34. The number of ether oxygens (including phenoxy) is 4. The van der Waals surface area contributed by atoms with Gasteiger partial charge in [-0.05, 0) is 130 Å². The lowest BCUT2D eigenvalue weighted by molar-refractivity contribution is -0.133. The minimum Gasteiger partial charge on any atom is -0.508 e. The van der Waals surface area contributed by atoms with Crippen LogP contribution in [0.1, 0.15) is 113 Å². The van der Waals surface area contributed by atoms with Gasteiger partial charge in [0.2, 0.25) is 23.6 Å². The number of alkyl carbamates (subject to hydrolysis) is 4. The van der Waals surface area contributed by atoms with Crippen molar-refractivity contribution in [3.8, 4) is 16.9 Å². The number of carbonyl (C=O) groups is 8. The SMILES string of the molecule is CC(C)(C)OC(=O)NCCC[C@@H](CNC(=O)CNC(=O)[C@@H]1Cc2cccc(c2)-c2ccc(O)c(c2)C[C@H](NC(=O)OC(C)(C)C)C(=O)N[C@@H](C[C@@H](O)CNC(=O)OC(C)(C)C)C(=O)N1)NC(=O)OC(C)(C)C. The van der Waals surface area contributed by atoms with Gasteiger partial charge in [-0.25, -0.2) is 19.2 Å². The Morgan fingerprint density at radius 3 is 1.88 bits per heavy atom. The first-order valence-electron chi connectivity index (χ1n) is 23.9. The van der Waals surface area contributed by atoms with Crippen molar-refractivity contribution in [2.75, 3.05) is 26.2 Å². The molecule has 3 rings (SSSR count). The second-order valence-electron chi connectivity index (χ2n) is 21.5. The van der Waals surface area contributed by atoms with E-state index < -0.39 is 120 Å². The predicted molar refractivity (Wildman–Crippen MR) is 265 cm³/mol. The molecule has 2 aromatic carbocycles. The highest BCUT2D eigenvalue weighted by Crippen LogP contribution is 2.28. The van der Waals surface area contributed by atoms with E-state index in [0.29, 0.717) is 29.5 Å². The Morgan fingerprint density at radius 2 is 1.25 bits per heavy atom. The molecule has 22 heteroatoms. The molecule has 400 valence electrons. The summed E-state index contributed by atoms with van der Waals surface area (Å²) < 4.78 is 21.4. The molecule has 22 nitrogen and oxygen atoms in total. The van der Waals surface area contributed by atoms with Crippen LogP contribution in [0, 0.1) is 0 Å². The van der Waals surface area contributed by atoms with Crippen molar-refractivity contribution in [3.05, 3.63) is 53.6 Å². The van der Waals surface area contributed by atoms with Gasteiger partial charge in [0.05, 0.1) is 12.6 Å². The first-order valence-corrected chi connectivity index (χ1v) is 23.9. The average Bonchev–Trinajstić information content (AvgIpc) is 3.22. The standard InChI is InChI=1S/C50H76N8O14/c1-47(2,3)69-43(65)51-20-14-17-33(55-45(67)71-49(7,8)9)26-52-39(61)28-53-40(62)35-22-29-15-13-16-30(21-29)31-18-19-38(60)32(23-31)24-36(58-46(68)72-50(10,11)12)41(63)57-37(42(64)56-35)25-34(59)27-54-44(66)70-48(4,5)6/h13,15-16,18-19,21,23,33-37,59-60H,14,17,20,22,24-28H2,1-12H3,(H,51,65)(H,52,61)(H,53,62)(H,54,66)(H,55,67)(H,56,64)(H,57,63)(H,58,68)/t33-,34+,35-,36-,37-/m0/s1. The summed E-state index contributed by atoms with van der Waals surface area (Å²) in [6.45, 7) is 19.2. The normalized spacial score (nSPS) is 17.4. The molecule has 0 radical (unpaired) electrons. The van der Waals surface area contributed by atoms with Crippen LogP contribution in [0.5, 0.6) is 5.75 Å². The number of aliphatic hydroxyl groups is 1. The Bertz CT molecular complexity index is 2230. The highest BCUT2D eigenvalue weighted by atomic mass is 16.6. The molecule has 2 aromatic rings.